The van der Waals surface area contributed by atoms with E-state index in [1.54, 1.807) is 38.8 Å². The van der Waals surface area contributed by atoms with Crippen molar-refractivity contribution in [2.75, 3.05) is 58.1 Å². The van der Waals surface area contributed by atoms with E-state index in [-0.39, 0.29) is 44.4 Å². The van der Waals surface area contributed by atoms with E-state index >= 15 is 4.39 Å². The molecule has 0 spiro atoms. The molecule has 0 saturated carbocycles. The van der Waals surface area contributed by atoms with Crippen LogP contribution in [0, 0.1) is 28.6 Å². The summed E-state index contributed by atoms with van der Waals surface area (Å²) in [4.78, 5) is 28.8. The van der Waals surface area contributed by atoms with E-state index in [1.165, 1.54) is 0 Å². The number of ether oxygens (including phenoxy) is 4. The topological polar surface area (TPSA) is 113 Å². The number of aromatic nitrogens is 2. The van der Waals surface area contributed by atoms with Gasteiger partial charge in [0.15, 0.2) is 12.6 Å². The molecule has 3 aliphatic heterocycles. The highest BCUT2D eigenvalue weighted by atomic mass is 28.3. The molecular formula is C50H64F2N6O5Si. The third kappa shape index (κ3) is 9.24. The molecule has 342 valence electrons. The number of hydrogen-bond donors (Lipinski definition) is 0. The Kier molecular flexibility index (Phi) is 13.8. The smallest absolute Gasteiger partial charge is 0.410 e. The van der Waals surface area contributed by atoms with Gasteiger partial charge >= 0.3 is 12.1 Å². The van der Waals surface area contributed by atoms with E-state index in [9.17, 15) is 14.4 Å². The SMILES string of the molecule is COCOc1cc(-c2ccc3c(N4CCN(C(=O)OC(C)(C)C)[C@@H](CC#N)C4)nc(OC[C@@]45CCCN4C[C@H](F)C5)nc3c2F)c2c(C#C[Si](C(C)C)(C(C)C)C(C)C)cccc2c1. The minimum Gasteiger partial charge on any atom is -0.468 e. The van der Waals surface area contributed by atoms with Gasteiger partial charge in [-0.15, -0.1) is 5.54 Å². The molecule has 3 atom stereocenters. The second-order valence-electron chi connectivity index (χ2n) is 19.7. The van der Waals surface area contributed by atoms with Gasteiger partial charge in [-0.1, -0.05) is 65.7 Å². The van der Waals surface area contributed by atoms with Gasteiger partial charge in [-0.3, -0.25) is 4.90 Å². The molecule has 7 rings (SSSR count). The summed E-state index contributed by atoms with van der Waals surface area (Å²) in [5, 5.41) is 12.0. The molecule has 3 aromatic carbocycles. The number of methoxy groups -OCH3 is 1. The summed E-state index contributed by atoms with van der Waals surface area (Å²) in [6.45, 7) is 21.2. The standard InChI is InChI=1S/C50H64F2N6O5Si/c1-32(2)64(33(3)4,34(5)6)24-18-35-13-11-14-36-25-39(62-31-60-10)26-42(43(35)36)40-15-16-41-45(44(40)52)54-47(61-30-50-19-12-21-57(50)28-37(51)27-50)55-46(41)56-22-23-58(38(29-56)17-20-53)48(59)63-49(7,8)9/h11,13-16,25-26,32-34,37-38H,12,17,19,21-23,27-31H2,1-10H3/t37-,38+,50+/m1/s1. The zero-order valence-electron chi connectivity index (χ0n) is 39.2. The first-order valence-corrected chi connectivity index (χ1v) is 25.0. The largest absolute Gasteiger partial charge is 0.468 e. The average molecular weight is 895 g/mol. The number of anilines is 1. The molecule has 4 heterocycles. The van der Waals surface area contributed by atoms with Gasteiger partial charge in [0.1, 0.15) is 43.5 Å². The maximum Gasteiger partial charge on any atom is 0.410 e. The second-order valence-corrected chi connectivity index (χ2v) is 25.3. The van der Waals surface area contributed by atoms with Crippen LogP contribution < -0.4 is 14.4 Å². The molecule has 0 N–H and O–H groups in total. The molecule has 4 aromatic rings. The number of rotatable bonds is 12. The Hall–Kier alpha value is -5.02. The van der Waals surface area contributed by atoms with Crippen LogP contribution in [0.3, 0.4) is 0 Å². The molecule has 0 radical (unpaired) electrons. The van der Waals surface area contributed by atoms with Crippen LogP contribution in [0.1, 0.15) is 93.6 Å². The third-order valence-electron chi connectivity index (χ3n) is 13.6. The minimum absolute atomic E-state index is 0.00325. The Morgan fingerprint density at radius 2 is 1.73 bits per heavy atom. The van der Waals surface area contributed by atoms with Gasteiger partial charge in [0.25, 0.3) is 0 Å². The number of carbonyl (C=O) groups is 1. The van der Waals surface area contributed by atoms with Crippen molar-refractivity contribution in [3.05, 3.63) is 53.8 Å². The highest BCUT2D eigenvalue weighted by molar-refractivity contribution is 6.90. The van der Waals surface area contributed by atoms with Crippen LogP contribution in [0.15, 0.2) is 42.5 Å². The molecule has 3 fully saturated rings. The van der Waals surface area contributed by atoms with Crippen molar-refractivity contribution in [3.63, 3.8) is 0 Å². The van der Waals surface area contributed by atoms with Crippen LogP contribution in [0.5, 0.6) is 11.8 Å². The number of alkyl halides is 1. The number of benzene rings is 3. The molecule has 0 unspecified atom stereocenters. The fourth-order valence-corrected chi connectivity index (χ4v) is 15.9. The lowest BCUT2D eigenvalue weighted by molar-refractivity contribution is 0.0145. The van der Waals surface area contributed by atoms with E-state index < -0.39 is 43.3 Å². The number of halogens is 2. The Balaban J connectivity index is 1.39. The van der Waals surface area contributed by atoms with Crippen molar-refractivity contribution in [1.82, 2.24) is 19.8 Å². The summed E-state index contributed by atoms with van der Waals surface area (Å²) >= 11 is 0. The van der Waals surface area contributed by atoms with Crippen molar-refractivity contribution >= 4 is 41.7 Å². The summed E-state index contributed by atoms with van der Waals surface area (Å²) < 4.78 is 56.2. The molecule has 14 heteroatoms. The minimum atomic E-state index is -2.14. The molecular weight excluding hydrogens is 831 g/mol. The van der Waals surface area contributed by atoms with Crippen LogP contribution in [0.2, 0.25) is 16.6 Å². The first kappa shape index (κ1) is 47.0. The highest BCUT2D eigenvalue weighted by Crippen LogP contribution is 2.44. The number of nitrogens with zero attached hydrogens (tertiary/aromatic N) is 6. The van der Waals surface area contributed by atoms with E-state index in [4.69, 9.17) is 28.9 Å². The lowest BCUT2D eigenvalue weighted by atomic mass is 9.93. The summed E-state index contributed by atoms with van der Waals surface area (Å²) in [5.74, 6) is 3.99. The fraction of sp³-hybridized carbons (Fsp3) is 0.560. The zero-order valence-corrected chi connectivity index (χ0v) is 40.2. The Bertz CT molecular complexity index is 2450. The second kappa shape index (κ2) is 18.8. The van der Waals surface area contributed by atoms with Crippen molar-refractivity contribution in [2.45, 2.75) is 128 Å². The summed E-state index contributed by atoms with van der Waals surface area (Å²) in [5.41, 5.74) is 5.65. The number of fused-ring (bicyclic) bond motifs is 3. The normalized spacial score (nSPS) is 20.5. The molecule has 3 aliphatic rings. The van der Waals surface area contributed by atoms with E-state index in [0.29, 0.717) is 64.2 Å². The van der Waals surface area contributed by atoms with Gasteiger partial charge in [0, 0.05) is 61.6 Å². The number of piperazine rings is 1. The maximum atomic E-state index is 17.9. The van der Waals surface area contributed by atoms with Gasteiger partial charge in [-0.05, 0) is 92.0 Å². The molecule has 1 amide bonds. The van der Waals surface area contributed by atoms with Crippen LogP contribution in [0.4, 0.5) is 19.4 Å². The fourth-order valence-electron chi connectivity index (χ4n) is 10.7. The van der Waals surface area contributed by atoms with Crippen LogP contribution >= 0.6 is 0 Å². The van der Waals surface area contributed by atoms with Gasteiger partial charge < -0.3 is 28.7 Å². The predicted molar refractivity (Wildman–Crippen MR) is 251 cm³/mol. The Labute approximate surface area is 378 Å². The first-order chi connectivity index (χ1) is 30.4. The van der Waals surface area contributed by atoms with Crippen molar-refractivity contribution in [2.24, 2.45) is 0 Å². The number of hydrogen-bond acceptors (Lipinski definition) is 10. The Morgan fingerprint density at radius 3 is 2.42 bits per heavy atom. The number of carbonyl (C=O) groups excluding carboxylic acids is 1. The van der Waals surface area contributed by atoms with Crippen molar-refractivity contribution in [3.8, 4) is 40.4 Å². The predicted octanol–water partition coefficient (Wildman–Crippen LogP) is 10.4. The number of amides is 1. The van der Waals surface area contributed by atoms with E-state index in [0.717, 1.165) is 35.7 Å². The van der Waals surface area contributed by atoms with Gasteiger partial charge in [0.2, 0.25) is 0 Å². The Morgan fingerprint density at radius 1 is 0.984 bits per heavy atom. The lowest BCUT2D eigenvalue weighted by Gasteiger charge is -2.41. The van der Waals surface area contributed by atoms with Crippen molar-refractivity contribution < 1.29 is 32.5 Å². The van der Waals surface area contributed by atoms with Crippen LogP contribution in [-0.4, -0.2) is 111 Å². The molecule has 1 aromatic heterocycles. The maximum absolute atomic E-state index is 17.9. The summed E-state index contributed by atoms with van der Waals surface area (Å²) in [6.07, 6.45) is 0.665. The van der Waals surface area contributed by atoms with Gasteiger partial charge in [0.05, 0.1) is 24.1 Å². The lowest BCUT2D eigenvalue weighted by Crippen LogP contribution is -2.56. The highest BCUT2D eigenvalue weighted by Gasteiger charge is 2.49. The van der Waals surface area contributed by atoms with Gasteiger partial charge in [-0.25, -0.2) is 13.6 Å². The summed E-state index contributed by atoms with van der Waals surface area (Å²) in [7, 11) is -0.592. The zero-order chi connectivity index (χ0) is 46.1. The average Bonchev–Trinajstić information content (AvgIpc) is 3.76. The van der Waals surface area contributed by atoms with E-state index in [1.807, 2.05) is 41.3 Å². The molecule has 11 nitrogen and oxygen atoms in total. The van der Waals surface area contributed by atoms with Gasteiger partial charge in [-0.2, -0.15) is 15.2 Å². The first-order valence-electron chi connectivity index (χ1n) is 22.8. The molecule has 3 saturated heterocycles. The third-order valence-corrected chi connectivity index (χ3v) is 19.9. The van der Waals surface area contributed by atoms with Crippen molar-refractivity contribution in [1.29, 1.82) is 5.26 Å². The monoisotopic (exact) mass is 894 g/mol. The molecule has 64 heavy (non-hydrogen) atoms. The van der Waals surface area contributed by atoms with E-state index in [2.05, 4.69) is 64.0 Å². The number of nitriles is 1. The molecule has 0 bridgehead atoms. The molecule has 0 aliphatic carbocycles. The summed E-state index contributed by atoms with van der Waals surface area (Å²) in [6, 6.07) is 15.0. The van der Waals surface area contributed by atoms with Crippen LogP contribution in [0.25, 0.3) is 32.8 Å². The quantitative estimate of drug-likeness (QED) is 0.0774. The van der Waals surface area contributed by atoms with Crippen LogP contribution in [-0.2, 0) is 9.47 Å².